The lowest BCUT2D eigenvalue weighted by atomic mass is 11.9. The minimum absolute atomic E-state index is 0.203. The van der Waals surface area contributed by atoms with Gasteiger partial charge in [0.1, 0.15) is 0 Å². The van der Waals surface area contributed by atoms with Crippen LogP contribution in [0.4, 0.5) is 0 Å². The van der Waals surface area contributed by atoms with E-state index in [9.17, 15) is 0 Å². The van der Waals surface area contributed by atoms with E-state index < -0.39 is 17.1 Å². The molecule has 0 spiro atoms. The Bertz CT molecular complexity index is 122. The summed E-state index contributed by atoms with van der Waals surface area (Å²) in [6, 6.07) is 0. The van der Waals surface area contributed by atoms with Crippen molar-refractivity contribution in [2.24, 2.45) is 0 Å². The summed E-state index contributed by atoms with van der Waals surface area (Å²) in [4.78, 5) is 0. The van der Waals surface area contributed by atoms with Crippen LogP contribution in [0.25, 0.3) is 0 Å². The first kappa shape index (κ1) is 8.63. The van der Waals surface area contributed by atoms with E-state index >= 15 is 0 Å². The molecule has 10 heavy (non-hydrogen) atoms. The molecular formula is C4H12O3Si3. The summed E-state index contributed by atoms with van der Waals surface area (Å²) in [5.74, 6) is 0. The van der Waals surface area contributed by atoms with E-state index in [4.69, 9.17) is 12.3 Å². The maximum absolute atomic E-state index is 5.70. The highest BCUT2D eigenvalue weighted by Crippen LogP contribution is 2.20. The highest BCUT2D eigenvalue weighted by molar-refractivity contribution is 6.84. The molecule has 0 bridgehead atoms. The third-order valence-corrected chi connectivity index (χ3v) is 9.60. The molecule has 1 aliphatic rings. The second-order valence-electron chi connectivity index (χ2n) is 3.19. The zero-order valence-corrected chi connectivity index (χ0v) is 9.72. The summed E-state index contributed by atoms with van der Waals surface area (Å²) in [6.45, 7) is 8.21. The van der Waals surface area contributed by atoms with E-state index in [-0.39, 0.29) is 10.0 Å². The molecule has 0 saturated carbocycles. The van der Waals surface area contributed by atoms with Gasteiger partial charge in [-0.05, 0) is 26.2 Å². The topological polar surface area (TPSA) is 27.7 Å². The lowest BCUT2D eigenvalue weighted by Crippen LogP contribution is -2.55. The van der Waals surface area contributed by atoms with Crippen LogP contribution in [0.3, 0.4) is 0 Å². The summed E-state index contributed by atoms with van der Waals surface area (Å²) < 4.78 is 16.4. The van der Waals surface area contributed by atoms with Gasteiger partial charge in [0.15, 0.2) is 0 Å². The Balaban J connectivity index is 2.56. The lowest BCUT2D eigenvalue weighted by Gasteiger charge is -2.37. The van der Waals surface area contributed by atoms with Crippen LogP contribution in [-0.2, 0) is 12.3 Å². The van der Waals surface area contributed by atoms with E-state index in [0.717, 1.165) is 0 Å². The third-order valence-electron chi connectivity index (χ3n) is 1.07. The highest BCUT2D eigenvalue weighted by Gasteiger charge is 2.41. The van der Waals surface area contributed by atoms with E-state index in [0.29, 0.717) is 0 Å². The lowest BCUT2D eigenvalue weighted by molar-refractivity contribution is 0.271. The molecule has 0 atom stereocenters. The first-order valence-electron chi connectivity index (χ1n) is 3.22. The van der Waals surface area contributed by atoms with Crippen LogP contribution >= 0.6 is 0 Å². The summed E-state index contributed by atoms with van der Waals surface area (Å²) in [5, 5.41) is 0. The number of hydrogen-bond donors (Lipinski definition) is 0. The third kappa shape index (κ3) is 2.29. The van der Waals surface area contributed by atoms with Crippen molar-refractivity contribution in [1.29, 1.82) is 0 Å². The molecule has 6 heteroatoms. The van der Waals surface area contributed by atoms with Crippen molar-refractivity contribution in [2.45, 2.75) is 26.2 Å². The molecule has 1 fully saturated rings. The second-order valence-corrected chi connectivity index (χ2v) is 11.4. The van der Waals surface area contributed by atoms with E-state index in [1.165, 1.54) is 0 Å². The zero-order chi connectivity index (χ0) is 7.83. The maximum atomic E-state index is 5.70. The summed E-state index contributed by atoms with van der Waals surface area (Å²) in [5.41, 5.74) is 0. The molecular weight excluding hydrogens is 180 g/mol. The van der Waals surface area contributed by atoms with Crippen LogP contribution < -0.4 is 0 Å². The SMILES string of the molecule is C[Si]1(C)O[Si]O[Si](C)(C)O1. The van der Waals surface area contributed by atoms with Crippen molar-refractivity contribution in [3.63, 3.8) is 0 Å². The fourth-order valence-electron chi connectivity index (χ4n) is 0.855. The van der Waals surface area contributed by atoms with Crippen LogP contribution in [0.1, 0.15) is 0 Å². The van der Waals surface area contributed by atoms with Crippen molar-refractivity contribution >= 4 is 27.1 Å². The first-order valence-corrected chi connectivity index (χ1v) is 9.67. The molecule has 3 nitrogen and oxygen atoms in total. The number of hydrogen-bond acceptors (Lipinski definition) is 3. The quantitative estimate of drug-likeness (QED) is 0.536. The largest absolute Gasteiger partial charge is 0.416 e. The van der Waals surface area contributed by atoms with Crippen molar-refractivity contribution in [3.8, 4) is 0 Å². The average molecular weight is 192 g/mol. The Morgan fingerprint density at radius 1 is 0.900 bits per heavy atom. The van der Waals surface area contributed by atoms with Gasteiger partial charge in [0, 0.05) is 0 Å². The van der Waals surface area contributed by atoms with Gasteiger partial charge >= 0.3 is 27.1 Å². The molecule has 0 aromatic rings. The Kier molecular flexibility index (Phi) is 2.19. The molecule has 0 aliphatic carbocycles. The minimum atomic E-state index is -1.78. The molecule has 0 N–H and O–H groups in total. The van der Waals surface area contributed by atoms with Crippen LogP contribution in [0, 0.1) is 0 Å². The summed E-state index contributed by atoms with van der Waals surface area (Å²) in [7, 11) is -3.35. The Hall–Kier alpha value is 0.531. The van der Waals surface area contributed by atoms with Gasteiger partial charge in [-0.1, -0.05) is 0 Å². The van der Waals surface area contributed by atoms with Gasteiger partial charge < -0.3 is 12.3 Å². The predicted molar refractivity (Wildman–Crippen MR) is 44.0 cm³/mol. The minimum Gasteiger partial charge on any atom is -0.416 e. The van der Waals surface area contributed by atoms with Gasteiger partial charge in [-0.3, -0.25) is 0 Å². The molecule has 0 unspecified atom stereocenters. The van der Waals surface area contributed by atoms with Crippen LogP contribution in [0.2, 0.25) is 26.2 Å². The molecule has 58 valence electrons. The molecule has 1 aliphatic heterocycles. The van der Waals surface area contributed by atoms with E-state index in [2.05, 4.69) is 26.2 Å². The van der Waals surface area contributed by atoms with Crippen LogP contribution in [-0.4, -0.2) is 27.1 Å². The second kappa shape index (κ2) is 2.54. The van der Waals surface area contributed by atoms with Gasteiger partial charge in [-0.15, -0.1) is 0 Å². The van der Waals surface area contributed by atoms with Crippen LogP contribution in [0.5, 0.6) is 0 Å². The predicted octanol–water partition coefficient (Wildman–Crippen LogP) is 0.988. The van der Waals surface area contributed by atoms with Gasteiger partial charge in [0.25, 0.3) is 0 Å². The average Bonchev–Trinajstić information content (AvgIpc) is 1.56. The summed E-state index contributed by atoms with van der Waals surface area (Å²) in [6.07, 6.45) is 0. The molecule has 0 aromatic carbocycles. The van der Waals surface area contributed by atoms with Crippen LogP contribution in [0.15, 0.2) is 0 Å². The van der Waals surface area contributed by atoms with Crippen molar-refractivity contribution in [3.05, 3.63) is 0 Å². The monoisotopic (exact) mass is 192 g/mol. The molecule has 1 heterocycles. The standard InChI is InChI=1S/C4H12O3Si3/c1-9(2)5-8-6-10(3,4)7-9/h1-4H3. The Labute approximate surface area is 66.2 Å². The first-order chi connectivity index (χ1) is 4.41. The Morgan fingerprint density at radius 3 is 1.50 bits per heavy atom. The van der Waals surface area contributed by atoms with Crippen molar-refractivity contribution in [2.75, 3.05) is 0 Å². The highest BCUT2D eigenvalue weighted by atomic mass is 28.5. The van der Waals surface area contributed by atoms with Gasteiger partial charge in [0.2, 0.25) is 0 Å². The van der Waals surface area contributed by atoms with Crippen molar-refractivity contribution in [1.82, 2.24) is 0 Å². The normalized spacial score (nSPS) is 30.0. The van der Waals surface area contributed by atoms with Gasteiger partial charge in [0.05, 0.1) is 0 Å². The maximum Gasteiger partial charge on any atom is 0.413 e. The summed E-state index contributed by atoms with van der Waals surface area (Å²) >= 11 is 0. The fraction of sp³-hybridized carbons (Fsp3) is 1.00. The van der Waals surface area contributed by atoms with E-state index in [1.54, 1.807) is 0 Å². The van der Waals surface area contributed by atoms with Gasteiger partial charge in [-0.2, -0.15) is 0 Å². The molecule has 1 saturated heterocycles. The molecule has 0 amide bonds. The number of rotatable bonds is 0. The van der Waals surface area contributed by atoms with E-state index in [1.807, 2.05) is 0 Å². The zero-order valence-electron chi connectivity index (χ0n) is 6.72. The Morgan fingerprint density at radius 2 is 1.30 bits per heavy atom. The smallest absolute Gasteiger partial charge is 0.413 e. The van der Waals surface area contributed by atoms with Crippen molar-refractivity contribution < 1.29 is 12.3 Å². The molecule has 1 rings (SSSR count). The fourth-order valence-corrected chi connectivity index (χ4v) is 8.82. The van der Waals surface area contributed by atoms with Gasteiger partial charge in [-0.25, -0.2) is 0 Å². The molecule has 2 radical (unpaired) electrons. The molecule has 0 aromatic heterocycles.